The van der Waals surface area contributed by atoms with E-state index in [1.807, 2.05) is 6.92 Å². The third-order valence-electron chi connectivity index (χ3n) is 4.52. The molecule has 1 aromatic carbocycles. The highest BCUT2D eigenvalue weighted by molar-refractivity contribution is 7.98. The second-order valence-electron chi connectivity index (χ2n) is 5.89. The Bertz CT molecular complexity index is 460. The molecule has 4 heteroatoms. The molecule has 0 heterocycles. The van der Waals surface area contributed by atoms with Gasteiger partial charge in [-0.25, -0.2) is 0 Å². The van der Waals surface area contributed by atoms with Gasteiger partial charge in [-0.15, -0.1) is 11.8 Å². The Hall–Kier alpha value is -1.00. The highest BCUT2D eigenvalue weighted by atomic mass is 32.2. The molecule has 2 rings (SSSR count). The summed E-state index contributed by atoms with van der Waals surface area (Å²) in [6.45, 7) is 2.67. The fourth-order valence-corrected chi connectivity index (χ4v) is 3.54. The van der Waals surface area contributed by atoms with Crippen LogP contribution in [0.3, 0.4) is 0 Å². The highest BCUT2D eigenvalue weighted by Gasteiger charge is 2.30. The monoisotopic (exact) mass is 306 g/mol. The van der Waals surface area contributed by atoms with E-state index < -0.39 is 0 Å². The summed E-state index contributed by atoms with van der Waals surface area (Å²) in [5.41, 5.74) is 6.98. The van der Waals surface area contributed by atoms with Crippen molar-refractivity contribution in [2.45, 2.75) is 43.5 Å². The van der Waals surface area contributed by atoms with Gasteiger partial charge in [-0.1, -0.05) is 25.0 Å². The summed E-state index contributed by atoms with van der Waals surface area (Å²) < 4.78 is 0. The molecule has 1 saturated carbocycles. The van der Waals surface area contributed by atoms with Crippen LogP contribution in [0.4, 0.5) is 0 Å². The molecule has 3 unspecified atom stereocenters. The van der Waals surface area contributed by atoms with Crippen LogP contribution in [0.25, 0.3) is 0 Å². The van der Waals surface area contributed by atoms with Crippen LogP contribution in [0.1, 0.15) is 44.2 Å². The largest absolute Gasteiger partial charge is 0.349 e. The number of nitrogens with one attached hydrogen (secondary N) is 1. The van der Waals surface area contributed by atoms with Crippen LogP contribution in [0.5, 0.6) is 0 Å². The zero-order chi connectivity index (χ0) is 15.2. The zero-order valence-corrected chi connectivity index (χ0v) is 13.8. The summed E-state index contributed by atoms with van der Waals surface area (Å²) in [6.07, 6.45) is 6.48. The van der Waals surface area contributed by atoms with Gasteiger partial charge < -0.3 is 11.1 Å². The lowest BCUT2D eigenvalue weighted by molar-refractivity contribution is -0.128. The van der Waals surface area contributed by atoms with Gasteiger partial charge in [0.05, 0.1) is 6.04 Å². The number of nitrogens with two attached hydrogens (primary N) is 1. The van der Waals surface area contributed by atoms with Crippen LogP contribution in [-0.2, 0) is 4.79 Å². The molecule has 21 heavy (non-hydrogen) atoms. The Kier molecular flexibility index (Phi) is 6.12. The lowest BCUT2D eigenvalue weighted by atomic mass is 9.78. The number of carbonyl (C=O) groups excluding carboxylic acids is 1. The van der Waals surface area contributed by atoms with Gasteiger partial charge in [-0.05, 0) is 56.2 Å². The van der Waals surface area contributed by atoms with Gasteiger partial charge in [0, 0.05) is 10.8 Å². The van der Waals surface area contributed by atoms with E-state index in [4.69, 9.17) is 5.73 Å². The SMILES string of the molecule is CSc1ccc(C(C)NC(=O)C2CCCCC2CN)cc1. The van der Waals surface area contributed by atoms with Crippen molar-refractivity contribution in [1.29, 1.82) is 0 Å². The molecule has 1 aliphatic rings. The molecule has 3 nitrogen and oxygen atoms in total. The molecular weight excluding hydrogens is 280 g/mol. The summed E-state index contributed by atoms with van der Waals surface area (Å²) in [5.74, 6) is 0.619. The van der Waals surface area contributed by atoms with Gasteiger partial charge in [-0.2, -0.15) is 0 Å². The quantitative estimate of drug-likeness (QED) is 0.820. The number of carbonyl (C=O) groups is 1. The number of thioether (sulfide) groups is 1. The summed E-state index contributed by atoms with van der Waals surface area (Å²) in [5, 5.41) is 3.17. The fraction of sp³-hybridized carbons (Fsp3) is 0.588. The lowest BCUT2D eigenvalue weighted by Crippen LogP contribution is -2.40. The molecule has 0 aliphatic heterocycles. The Morgan fingerprint density at radius 2 is 2.00 bits per heavy atom. The first-order chi connectivity index (χ1) is 10.2. The molecular formula is C17H26N2OS. The van der Waals surface area contributed by atoms with Crippen molar-refractivity contribution < 1.29 is 4.79 Å². The highest BCUT2D eigenvalue weighted by Crippen LogP contribution is 2.30. The molecule has 0 bridgehead atoms. The molecule has 0 spiro atoms. The number of rotatable bonds is 5. The van der Waals surface area contributed by atoms with Crippen molar-refractivity contribution >= 4 is 17.7 Å². The number of hydrogen-bond donors (Lipinski definition) is 2. The maximum absolute atomic E-state index is 12.5. The molecule has 116 valence electrons. The smallest absolute Gasteiger partial charge is 0.223 e. The first-order valence-electron chi connectivity index (χ1n) is 7.80. The van der Waals surface area contributed by atoms with Crippen molar-refractivity contribution in [3.63, 3.8) is 0 Å². The number of amides is 1. The standard InChI is InChI=1S/C17H26N2OS/c1-12(13-7-9-15(21-2)10-8-13)19-17(20)16-6-4-3-5-14(16)11-18/h7-10,12,14,16H,3-6,11,18H2,1-2H3,(H,19,20). The Balaban J connectivity index is 1.97. The van der Waals surface area contributed by atoms with Crippen molar-refractivity contribution in [3.8, 4) is 0 Å². The van der Waals surface area contributed by atoms with Crippen LogP contribution in [-0.4, -0.2) is 18.7 Å². The average molecular weight is 306 g/mol. The molecule has 1 aromatic rings. The van der Waals surface area contributed by atoms with E-state index in [1.165, 1.54) is 11.3 Å². The van der Waals surface area contributed by atoms with E-state index in [-0.39, 0.29) is 17.9 Å². The molecule has 1 aliphatic carbocycles. The predicted octanol–water partition coefficient (Wildman–Crippen LogP) is 3.35. The first-order valence-corrected chi connectivity index (χ1v) is 9.02. The Labute approximate surface area is 132 Å². The third-order valence-corrected chi connectivity index (χ3v) is 5.27. The van der Waals surface area contributed by atoms with Crippen molar-refractivity contribution in [2.24, 2.45) is 17.6 Å². The maximum atomic E-state index is 12.5. The van der Waals surface area contributed by atoms with Crippen molar-refractivity contribution in [1.82, 2.24) is 5.32 Å². The summed E-state index contributed by atoms with van der Waals surface area (Å²) in [6, 6.07) is 8.45. The Morgan fingerprint density at radius 1 is 1.33 bits per heavy atom. The van der Waals surface area contributed by atoms with Gasteiger partial charge >= 0.3 is 0 Å². The Morgan fingerprint density at radius 3 is 2.62 bits per heavy atom. The van der Waals surface area contributed by atoms with Crippen LogP contribution in [0.15, 0.2) is 29.2 Å². The average Bonchev–Trinajstić information content (AvgIpc) is 2.54. The van der Waals surface area contributed by atoms with Gasteiger partial charge in [-0.3, -0.25) is 4.79 Å². The van der Waals surface area contributed by atoms with Crippen LogP contribution in [0.2, 0.25) is 0 Å². The number of hydrogen-bond acceptors (Lipinski definition) is 3. The topological polar surface area (TPSA) is 55.1 Å². The van der Waals surface area contributed by atoms with E-state index in [9.17, 15) is 4.79 Å². The van der Waals surface area contributed by atoms with Gasteiger partial charge in [0.1, 0.15) is 0 Å². The second-order valence-corrected chi connectivity index (χ2v) is 6.77. The van der Waals surface area contributed by atoms with E-state index in [2.05, 4.69) is 35.8 Å². The molecule has 1 amide bonds. The van der Waals surface area contributed by atoms with Gasteiger partial charge in [0.15, 0.2) is 0 Å². The first kappa shape index (κ1) is 16.4. The zero-order valence-electron chi connectivity index (χ0n) is 13.0. The molecule has 3 atom stereocenters. The number of benzene rings is 1. The van der Waals surface area contributed by atoms with Crippen LogP contribution < -0.4 is 11.1 Å². The van der Waals surface area contributed by atoms with Crippen molar-refractivity contribution in [3.05, 3.63) is 29.8 Å². The van der Waals surface area contributed by atoms with E-state index >= 15 is 0 Å². The summed E-state index contributed by atoms with van der Waals surface area (Å²) in [7, 11) is 0. The molecule has 0 saturated heterocycles. The summed E-state index contributed by atoms with van der Waals surface area (Å²) in [4.78, 5) is 13.7. The second kappa shape index (κ2) is 7.85. The molecule has 0 aromatic heterocycles. The van der Waals surface area contributed by atoms with E-state index in [0.29, 0.717) is 12.5 Å². The molecule has 3 N–H and O–H groups in total. The normalized spacial score (nSPS) is 23.6. The van der Waals surface area contributed by atoms with Gasteiger partial charge in [0.25, 0.3) is 0 Å². The van der Waals surface area contributed by atoms with Crippen LogP contribution >= 0.6 is 11.8 Å². The third kappa shape index (κ3) is 4.24. The minimum Gasteiger partial charge on any atom is -0.349 e. The molecule has 1 fully saturated rings. The predicted molar refractivity (Wildman–Crippen MR) is 89.3 cm³/mol. The van der Waals surface area contributed by atoms with E-state index in [1.54, 1.807) is 11.8 Å². The summed E-state index contributed by atoms with van der Waals surface area (Å²) >= 11 is 1.73. The maximum Gasteiger partial charge on any atom is 0.223 e. The lowest BCUT2D eigenvalue weighted by Gasteiger charge is -2.30. The minimum absolute atomic E-state index is 0.0498. The van der Waals surface area contributed by atoms with E-state index in [0.717, 1.165) is 24.8 Å². The van der Waals surface area contributed by atoms with Gasteiger partial charge in [0.2, 0.25) is 5.91 Å². The van der Waals surface area contributed by atoms with Crippen LogP contribution in [0, 0.1) is 11.8 Å². The fourth-order valence-electron chi connectivity index (χ4n) is 3.13. The van der Waals surface area contributed by atoms with Crippen molar-refractivity contribution in [2.75, 3.05) is 12.8 Å². The minimum atomic E-state index is 0.0498. The molecule has 0 radical (unpaired) electrons.